The lowest BCUT2D eigenvalue weighted by Gasteiger charge is -2.36. The average Bonchev–Trinajstić information content (AvgIpc) is 3.83. The number of halogens is 1. The van der Waals surface area contributed by atoms with Crippen molar-refractivity contribution in [3.63, 3.8) is 0 Å². The first kappa shape index (κ1) is 45.7. The van der Waals surface area contributed by atoms with E-state index < -0.39 is 44.1 Å². The molecule has 0 bridgehead atoms. The zero-order chi connectivity index (χ0) is 46.8. The summed E-state index contributed by atoms with van der Waals surface area (Å²) in [6.45, 7) is 17.1. The number of benzene rings is 2. The first-order valence-corrected chi connectivity index (χ1v) is 27.5. The van der Waals surface area contributed by atoms with Gasteiger partial charge in [0.1, 0.15) is 35.0 Å². The molecule has 6 heterocycles. The van der Waals surface area contributed by atoms with Crippen LogP contribution in [0.3, 0.4) is 0 Å². The monoisotopic (exact) mass is 936 g/mol. The number of aliphatic hydroxyl groups excluding tert-OH is 1. The third kappa shape index (κ3) is 9.40. The van der Waals surface area contributed by atoms with Crippen molar-refractivity contribution >= 4 is 42.5 Å². The van der Waals surface area contributed by atoms with Gasteiger partial charge in [-0.25, -0.2) is 23.9 Å². The van der Waals surface area contributed by atoms with Gasteiger partial charge in [-0.2, -0.15) is 19.6 Å². The van der Waals surface area contributed by atoms with Crippen LogP contribution in [0.15, 0.2) is 60.9 Å². The molecule has 14 nitrogen and oxygen atoms in total. The van der Waals surface area contributed by atoms with Crippen molar-refractivity contribution in [2.24, 2.45) is 5.92 Å². The number of nitrogens with one attached hydrogen (secondary N) is 3. The minimum atomic E-state index is -1.69. The zero-order valence-corrected chi connectivity index (χ0v) is 41.0. The Morgan fingerprint density at radius 1 is 1.02 bits per heavy atom. The predicted molar refractivity (Wildman–Crippen MR) is 256 cm³/mol. The summed E-state index contributed by atoms with van der Waals surface area (Å²) in [5.74, 6) is 1.82. The van der Waals surface area contributed by atoms with Crippen molar-refractivity contribution in [2.45, 2.75) is 123 Å². The minimum absolute atomic E-state index is 0.0654. The zero-order valence-electron chi connectivity index (χ0n) is 39.2. The molecular weight excluding hydrogens is 876 g/mol. The topological polar surface area (TPSA) is 163 Å². The number of rotatable bonds is 13. The maximum absolute atomic E-state index is 16.9. The number of H-pyrrole nitrogens is 2. The second-order valence-corrected chi connectivity index (χ2v) is 27.1. The molecule has 1 aliphatic carbocycles. The molecule has 6 aromatic rings. The first-order chi connectivity index (χ1) is 31.3. The van der Waals surface area contributed by atoms with Crippen LogP contribution >= 0.6 is 11.3 Å². The molecule has 3 aliphatic rings. The van der Waals surface area contributed by atoms with Crippen LogP contribution in [0.1, 0.15) is 99.9 Å². The normalized spacial score (nSPS) is 18.5. The van der Waals surface area contributed by atoms with E-state index in [1.807, 2.05) is 57.7 Å². The van der Waals surface area contributed by atoms with E-state index in [9.17, 15) is 14.7 Å². The first-order valence-electron chi connectivity index (χ1n) is 22.9. The van der Waals surface area contributed by atoms with Gasteiger partial charge in [-0.05, 0) is 101 Å². The van der Waals surface area contributed by atoms with Gasteiger partial charge >= 0.3 is 12.2 Å². The summed E-state index contributed by atoms with van der Waals surface area (Å²) in [6.07, 6.45) is 5.60. The molecule has 2 aliphatic heterocycles. The number of aliphatic hydroxyl groups is 1. The molecule has 0 radical (unpaired) electrons. The van der Waals surface area contributed by atoms with Gasteiger partial charge in [0.15, 0.2) is 0 Å². The number of carbonyl (C=O) groups excluding carboxylic acids is 2. The van der Waals surface area contributed by atoms with Crippen LogP contribution in [-0.4, -0.2) is 97.4 Å². The van der Waals surface area contributed by atoms with Crippen molar-refractivity contribution in [3.05, 3.63) is 88.1 Å². The van der Waals surface area contributed by atoms with Gasteiger partial charge in [0.2, 0.25) is 6.23 Å². The summed E-state index contributed by atoms with van der Waals surface area (Å²) in [4.78, 5) is 47.9. The van der Waals surface area contributed by atoms with E-state index in [0.29, 0.717) is 65.1 Å². The summed E-state index contributed by atoms with van der Waals surface area (Å²) in [7, 11) is -0.385. The molecule has 66 heavy (non-hydrogen) atoms. The summed E-state index contributed by atoms with van der Waals surface area (Å²) >= 11 is 1.75. The van der Waals surface area contributed by atoms with Crippen molar-refractivity contribution in [2.75, 3.05) is 19.8 Å². The maximum atomic E-state index is 16.9. The highest BCUT2D eigenvalue weighted by molar-refractivity contribution is 7.12. The van der Waals surface area contributed by atoms with Gasteiger partial charge < -0.3 is 39.5 Å². The number of aromatic amines is 2. The third-order valence-corrected chi connectivity index (χ3v) is 15.1. The van der Waals surface area contributed by atoms with Gasteiger partial charge in [-0.15, -0.1) is 19.4 Å². The molecule has 351 valence electrons. The van der Waals surface area contributed by atoms with E-state index in [-0.39, 0.29) is 18.1 Å². The lowest BCUT2D eigenvalue weighted by molar-refractivity contribution is -0.0440. The molecular formula is C49H61FN8O6SSi-. The standard InChI is InChI=1S/C49H61FN8O6SSi/c1-27(2)43(55-47(60)62-6)45(59)57-18-10-11-36(57)44-52-24-34(54-44)30-20-32(50)42-37-21-31-19-29(33-23-51-41(53-33)25-56(26-66(7,8)9)48(61)64-49(3,4)5)14-15-35(31)58(37)46(63-38(42)22-30)40-17-16-39(65-40)28-12-13-28/h14-17,19-24,27-28,36,43,45-46,59H,10-13,18,25-26H2,1-9H3,(H,51,53)(H,52,54)(H,55,60)/q-1/t36-,43-,45-,46-/m0/s1. The van der Waals surface area contributed by atoms with Crippen LogP contribution in [0.2, 0.25) is 19.6 Å². The molecule has 4 N–H and O–H groups in total. The van der Waals surface area contributed by atoms with Crippen LogP contribution in [0.4, 0.5) is 14.0 Å². The van der Waals surface area contributed by atoms with E-state index in [4.69, 9.17) is 24.2 Å². The predicted octanol–water partition coefficient (Wildman–Crippen LogP) is 10.6. The van der Waals surface area contributed by atoms with E-state index in [0.717, 1.165) is 39.9 Å². The number of aromatic nitrogens is 5. The van der Waals surface area contributed by atoms with Crippen LogP contribution in [0.25, 0.3) is 44.7 Å². The number of hydrogen-bond acceptors (Lipinski definition) is 10. The molecule has 1 saturated heterocycles. The van der Waals surface area contributed by atoms with Gasteiger partial charge in [-0.3, -0.25) is 9.47 Å². The second kappa shape index (κ2) is 17.6. The Balaban J connectivity index is 1.03. The number of methoxy groups -OCH3 is 1. The molecule has 17 heteroatoms. The van der Waals surface area contributed by atoms with E-state index in [1.165, 1.54) is 30.9 Å². The number of imidazole rings is 2. The maximum Gasteiger partial charge on any atom is 0.407 e. The fourth-order valence-electron chi connectivity index (χ4n) is 9.27. The number of alkyl carbamates (subject to hydrolysis) is 1. The van der Waals surface area contributed by atoms with Gasteiger partial charge in [-0.1, -0.05) is 26.1 Å². The van der Waals surface area contributed by atoms with E-state index >= 15 is 4.39 Å². The lowest BCUT2D eigenvalue weighted by atomic mass is 10.0. The number of thiophene rings is 1. The quantitative estimate of drug-likeness (QED) is 0.0826. The fraction of sp³-hybridized carbons (Fsp3) is 0.469. The summed E-state index contributed by atoms with van der Waals surface area (Å²) in [5.41, 5.74) is 4.29. The number of likely N-dealkylation sites (tertiary alicyclic amines) is 1. The Morgan fingerprint density at radius 3 is 2.47 bits per heavy atom. The lowest BCUT2D eigenvalue weighted by Crippen LogP contribution is -2.54. The Kier molecular flexibility index (Phi) is 12.2. The van der Waals surface area contributed by atoms with Crippen LogP contribution in [0, 0.1) is 11.7 Å². The SMILES string of the molecule is COC(=O)N[C@@H](C(C)C)[C@H](O)N1CCC[C@H]1c1ncc(-c2cc(F)c3c(c2)O[C@@H](c2ccc(C4CC4)s2)n2c-3cc3cc(-c4cnc(CN(C[Si-](C)(C)C)C(=O)OC(C)(C)C)[nH]4)ccc32)[nH]1. The Morgan fingerprint density at radius 2 is 1.76 bits per heavy atom. The Hall–Kier alpha value is -5.49. The highest BCUT2D eigenvalue weighted by Gasteiger charge is 2.39. The third-order valence-electron chi connectivity index (χ3n) is 12.5. The Bertz CT molecular complexity index is 2760. The van der Waals surface area contributed by atoms with Crippen LogP contribution < -0.4 is 10.1 Å². The number of amides is 2. The number of hydrogen-bond donors (Lipinski definition) is 4. The molecule has 0 unspecified atom stereocenters. The highest BCUT2D eigenvalue weighted by Crippen LogP contribution is 2.50. The highest BCUT2D eigenvalue weighted by atomic mass is 32.1. The van der Waals surface area contributed by atoms with E-state index in [2.05, 4.69) is 63.8 Å². The van der Waals surface area contributed by atoms with Crippen LogP contribution in [-0.2, 0) is 16.0 Å². The molecule has 2 fully saturated rings. The number of fused-ring (bicyclic) bond motifs is 5. The number of ether oxygens (including phenoxy) is 3. The van der Waals surface area contributed by atoms with Gasteiger partial charge in [0, 0.05) is 27.9 Å². The summed E-state index contributed by atoms with van der Waals surface area (Å²) < 4.78 is 36.5. The number of nitrogens with zero attached hydrogens (tertiary/aromatic N) is 5. The Labute approximate surface area is 389 Å². The summed E-state index contributed by atoms with van der Waals surface area (Å²) in [6, 6.07) is 15.2. The molecule has 9 rings (SSSR count). The van der Waals surface area contributed by atoms with Crippen molar-refractivity contribution in [1.82, 2.24) is 39.6 Å². The number of carbonyl (C=O) groups is 2. The average molecular weight is 937 g/mol. The molecule has 0 spiro atoms. The van der Waals surface area contributed by atoms with Crippen molar-refractivity contribution in [1.29, 1.82) is 0 Å². The smallest absolute Gasteiger partial charge is 0.407 e. The van der Waals surface area contributed by atoms with E-state index in [1.54, 1.807) is 28.6 Å². The summed E-state index contributed by atoms with van der Waals surface area (Å²) in [5, 5.41) is 15.3. The van der Waals surface area contributed by atoms with Crippen molar-refractivity contribution in [3.8, 4) is 39.5 Å². The largest absolute Gasteiger partial charge is 0.464 e. The molecule has 1 saturated carbocycles. The molecule has 2 aromatic carbocycles. The minimum Gasteiger partial charge on any atom is -0.464 e. The molecule has 4 aromatic heterocycles. The second-order valence-electron chi connectivity index (χ2n) is 20.5. The van der Waals surface area contributed by atoms with Crippen molar-refractivity contribution < 1.29 is 33.3 Å². The van der Waals surface area contributed by atoms with Crippen LogP contribution in [0.5, 0.6) is 5.75 Å². The molecule has 4 atom stereocenters. The van der Waals surface area contributed by atoms with Gasteiger partial charge in [0.05, 0.1) is 71.2 Å². The molecule has 2 amide bonds. The fourth-order valence-corrected chi connectivity index (χ4v) is 11.9. The van der Waals surface area contributed by atoms with Gasteiger partial charge in [0.25, 0.3) is 0 Å².